The Morgan fingerprint density at radius 1 is 1.13 bits per heavy atom. The van der Waals surface area contributed by atoms with Crippen LogP contribution in [0.2, 0.25) is 0 Å². The van der Waals surface area contributed by atoms with E-state index in [0.717, 1.165) is 28.1 Å². The van der Waals surface area contributed by atoms with Crippen LogP contribution in [0.5, 0.6) is 0 Å². The van der Waals surface area contributed by atoms with Gasteiger partial charge in [0, 0.05) is 31.0 Å². The number of aromatic nitrogens is 5. The molecule has 0 spiro atoms. The Labute approximate surface area is 132 Å². The summed E-state index contributed by atoms with van der Waals surface area (Å²) in [4.78, 5) is 8.81. The molecule has 0 aliphatic rings. The lowest BCUT2D eigenvalue weighted by Gasteiger charge is -2.06. The first kappa shape index (κ1) is 13.3. The van der Waals surface area contributed by atoms with Gasteiger partial charge in [-0.3, -0.25) is 9.25 Å². The highest BCUT2D eigenvalue weighted by Crippen LogP contribution is 2.26. The quantitative estimate of drug-likeness (QED) is 0.607. The minimum Gasteiger partial charge on any atom is -0.397 e. The number of nitrogen functional groups attached to an aromatic ring is 1. The summed E-state index contributed by atoms with van der Waals surface area (Å²) >= 11 is 0. The molecule has 0 saturated carbocycles. The fourth-order valence-corrected chi connectivity index (χ4v) is 2.55. The molecule has 114 valence electrons. The lowest BCUT2D eigenvalue weighted by atomic mass is 10.2. The van der Waals surface area contributed by atoms with Gasteiger partial charge in [-0.05, 0) is 12.1 Å². The van der Waals surface area contributed by atoms with E-state index in [4.69, 9.17) is 5.73 Å². The first-order valence-electron chi connectivity index (χ1n) is 7.15. The Bertz CT molecular complexity index is 983. The van der Waals surface area contributed by atoms with E-state index in [1.54, 1.807) is 17.1 Å². The van der Waals surface area contributed by atoms with Crippen molar-refractivity contribution in [2.75, 3.05) is 11.1 Å². The highest BCUT2D eigenvalue weighted by Gasteiger charge is 2.09. The number of anilines is 3. The number of fused-ring (bicyclic) bond motifs is 1. The van der Waals surface area contributed by atoms with Crippen molar-refractivity contribution in [1.29, 1.82) is 0 Å². The number of benzene rings is 1. The molecule has 0 amide bonds. The Morgan fingerprint density at radius 3 is 2.83 bits per heavy atom. The molecule has 23 heavy (non-hydrogen) atoms. The normalized spacial score (nSPS) is 11.0. The van der Waals surface area contributed by atoms with Gasteiger partial charge in [-0.25, -0.2) is 4.98 Å². The van der Waals surface area contributed by atoms with Crippen molar-refractivity contribution in [2.24, 2.45) is 7.05 Å². The highest BCUT2D eigenvalue weighted by atomic mass is 15.3. The zero-order valence-corrected chi connectivity index (χ0v) is 12.5. The fourth-order valence-electron chi connectivity index (χ4n) is 2.55. The van der Waals surface area contributed by atoms with Gasteiger partial charge in [-0.15, -0.1) is 0 Å². The summed E-state index contributed by atoms with van der Waals surface area (Å²) in [7, 11) is 1.86. The van der Waals surface area contributed by atoms with E-state index >= 15 is 0 Å². The van der Waals surface area contributed by atoms with Crippen LogP contribution in [0.15, 0.2) is 55.1 Å². The van der Waals surface area contributed by atoms with E-state index in [9.17, 15) is 0 Å². The molecule has 0 aliphatic heterocycles. The van der Waals surface area contributed by atoms with Crippen molar-refractivity contribution >= 4 is 28.2 Å². The van der Waals surface area contributed by atoms with Crippen molar-refractivity contribution in [3.8, 4) is 5.82 Å². The van der Waals surface area contributed by atoms with Gasteiger partial charge < -0.3 is 11.1 Å². The predicted octanol–water partition coefficient (Wildman–Crippen LogP) is 2.48. The number of rotatable bonds is 3. The molecule has 0 unspecified atom stereocenters. The lowest BCUT2D eigenvalue weighted by Crippen LogP contribution is -2.01. The molecule has 4 aromatic rings. The van der Waals surface area contributed by atoms with Crippen molar-refractivity contribution < 1.29 is 0 Å². The van der Waals surface area contributed by atoms with Gasteiger partial charge in [0.15, 0.2) is 0 Å². The van der Waals surface area contributed by atoms with Crippen LogP contribution in [-0.2, 0) is 7.05 Å². The molecule has 0 saturated heterocycles. The topological polar surface area (TPSA) is 86.6 Å². The van der Waals surface area contributed by atoms with Gasteiger partial charge in [0.2, 0.25) is 5.95 Å². The number of nitrogens with zero attached hydrogens (tertiary/aromatic N) is 5. The summed E-state index contributed by atoms with van der Waals surface area (Å²) in [5.41, 5.74) is 8.66. The Morgan fingerprint density at radius 2 is 2.00 bits per heavy atom. The average molecular weight is 305 g/mol. The standard InChI is InChI=1S/C16H15N7/c1-22-9-11(8-19-22)20-16-18-7-6-15(21-16)23-10-13(17)12-4-2-3-5-14(12)23/h2-10H,17H2,1H3,(H,18,20,21). The molecular formula is C16H15N7. The number of hydrogen-bond donors (Lipinski definition) is 2. The molecule has 7 nitrogen and oxygen atoms in total. The lowest BCUT2D eigenvalue weighted by molar-refractivity contribution is 0.768. The van der Waals surface area contributed by atoms with Gasteiger partial charge in [0.25, 0.3) is 0 Å². The molecule has 4 rings (SSSR count). The smallest absolute Gasteiger partial charge is 0.229 e. The Kier molecular flexibility index (Phi) is 2.97. The van der Waals surface area contributed by atoms with Crippen molar-refractivity contribution in [1.82, 2.24) is 24.3 Å². The van der Waals surface area contributed by atoms with Crippen molar-refractivity contribution in [3.05, 3.63) is 55.1 Å². The Balaban J connectivity index is 1.75. The minimum absolute atomic E-state index is 0.506. The largest absolute Gasteiger partial charge is 0.397 e. The molecule has 0 radical (unpaired) electrons. The third-order valence-corrected chi connectivity index (χ3v) is 3.59. The summed E-state index contributed by atoms with van der Waals surface area (Å²) in [6.07, 6.45) is 7.17. The third kappa shape index (κ3) is 2.38. The van der Waals surface area contributed by atoms with E-state index in [-0.39, 0.29) is 0 Å². The first-order valence-corrected chi connectivity index (χ1v) is 7.15. The molecular weight excluding hydrogens is 290 g/mol. The third-order valence-electron chi connectivity index (χ3n) is 3.59. The molecule has 0 bridgehead atoms. The SMILES string of the molecule is Cn1cc(Nc2nccc(-n3cc(N)c4ccccc43)n2)cn1. The highest BCUT2D eigenvalue weighted by molar-refractivity contribution is 5.92. The number of hydrogen-bond acceptors (Lipinski definition) is 5. The van der Waals surface area contributed by atoms with Gasteiger partial charge in [-0.1, -0.05) is 18.2 Å². The summed E-state index contributed by atoms with van der Waals surface area (Å²) in [6.45, 7) is 0. The van der Waals surface area contributed by atoms with Crippen LogP contribution in [0.3, 0.4) is 0 Å². The van der Waals surface area contributed by atoms with Crippen LogP contribution < -0.4 is 11.1 Å². The molecule has 3 heterocycles. The van der Waals surface area contributed by atoms with E-state index < -0.39 is 0 Å². The van der Waals surface area contributed by atoms with Gasteiger partial charge in [0.1, 0.15) is 5.82 Å². The maximum atomic E-state index is 6.09. The summed E-state index contributed by atoms with van der Waals surface area (Å²) in [6, 6.07) is 9.81. The van der Waals surface area contributed by atoms with Crippen LogP contribution in [-0.4, -0.2) is 24.3 Å². The van der Waals surface area contributed by atoms with Crippen LogP contribution in [0.25, 0.3) is 16.7 Å². The van der Waals surface area contributed by atoms with Gasteiger partial charge in [-0.2, -0.15) is 10.1 Å². The molecule has 1 aromatic carbocycles. The van der Waals surface area contributed by atoms with Gasteiger partial charge >= 0.3 is 0 Å². The van der Waals surface area contributed by atoms with E-state index in [0.29, 0.717) is 5.95 Å². The summed E-state index contributed by atoms with van der Waals surface area (Å²) in [5, 5.41) is 8.26. The number of aryl methyl sites for hydroxylation is 1. The van der Waals surface area contributed by atoms with Crippen molar-refractivity contribution in [2.45, 2.75) is 0 Å². The van der Waals surface area contributed by atoms with E-state index in [1.807, 2.05) is 54.3 Å². The van der Waals surface area contributed by atoms with Crippen LogP contribution >= 0.6 is 0 Å². The summed E-state index contributed by atoms with van der Waals surface area (Å²) in [5.74, 6) is 1.26. The van der Waals surface area contributed by atoms with Crippen LogP contribution in [0.1, 0.15) is 0 Å². The number of para-hydroxylation sites is 1. The molecule has 7 heteroatoms. The fraction of sp³-hybridized carbons (Fsp3) is 0.0625. The molecule has 0 fully saturated rings. The second-order valence-corrected chi connectivity index (χ2v) is 5.24. The average Bonchev–Trinajstić information content (AvgIpc) is 3.12. The van der Waals surface area contributed by atoms with Crippen molar-refractivity contribution in [3.63, 3.8) is 0 Å². The second kappa shape index (κ2) is 5.13. The predicted molar refractivity (Wildman–Crippen MR) is 89.8 cm³/mol. The molecule has 0 aliphatic carbocycles. The van der Waals surface area contributed by atoms with E-state index in [1.165, 1.54) is 0 Å². The molecule has 3 N–H and O–H groups in total. The Hall–Kier alpha value is -3.35. The monoisotopic (exact) mass is 305 g/mol. The number of nitrogens with two attached hydrogens (primary N) is 1. The summed E-state index contributed by atoms with van der Waals surface area (Å²) < 4.78 is 3.67. The second-order valence-electron chi connectivity index (χ2n) is 5.24. The molecule has 0 atom stereocenters. The maximum absolute atomic E-state index is 6.09. The molecule has 3 aromatic heterocycles. The minimum atomic E-state index is 0.506. The zero-order chi connectivity index (χ0) is 15.8. The first-order chi connectivity index (χ1) is 11.2. The van der Waals surface area contributed by atoms with E-state index in [2.05, 4.69) is 20.4 Å². The maximum Gasteiger partial charge on any atom is 0.229 e. The zero-order valence-electron chi connectivity index (χ0n) is 12.5. The van der Waals surface area contributed by atoms with Crippen LogP contribution in [0.4, 0.5) is 17.3 Å². The van der Waals surface area contributed by atoms with Gasteiger partial charge in [0.05, 0.1) is 23.1 Å². The van der Waals surface area contributed by atoms with Crippen LogP contribution in [0, 0.1) is 0 Å². The number of nitrogens with one attached hydrogen (secondary N) is 1.